The number of carboxylic acid groups (broad SMARTS) is 1. The summed E-state index contributed by atoms with van der Waals surface area (Å²) in [5, 5.41) is 9.60. The van der Waals surface area contributed by atoms with E-state index in [4.69, 9.17) is 0 Å². The SMILES string of the molecule is CCOC=CC(=O)[O-].[Na+]. The number of carbonyl (C=O) groups is 1. The fourth-order valence-electron chi connectivity index (χ4n) is 0.200. The maximum absolute atomic E-state index is 9.60. The maximum Gasteiger partial charge on any atom is 1.00 e. The Morgan fingerprint density at radius 2 is 2.33 bits per heavy atom. The average molecular weight is 138 g/mol. The van der Waals surface area contributed by atoms with Gasteiger partial charge in [-0.15, -0.1) is 0 Å². The fourth-order valence-corrected chi connectivity index (χ4v) is 0.200. The van der Waals surface area contributed by atoms with Crippen molar-refractivity contribution in [2.75, 3.05) is 6.61 Å². The molecule has 3 nitrogen and oxygen atoms in total. The Labute approximate surface area is 76.0 Å². The zero-order valence-electron chi connectivity index (χ0n) is 5.59. The number of hydrogen-bond acceptors (Lipinski definition) is 3. The summed E-state index contributed by atoms with van der Waals surface area (Å²) in [6.07, 6.45) is 1.93. The fraction of sp³-hybridized carbons (Fsp3) is 0.400. The first-order chi connectivity index (χ1) is 3.77. The third-order valence-electron chi connectivity index (χ3n) is 0.467. The van der Waals surface area contributed by atoms with Crippen LogP contribution in [-0.4, -0.2) is 12.6 Å². The first-order valence-corrected chi connectivity index (χ1v) is 2.26. The molecule has 9 heavy (non-hydrogen) atoms. The summed E-state index contributed by atoms with van der Waals surface area (Å²) in [5.41, 5.74) is 0. The minimum absolute atomic E-state index is 0. The second-order valence-corrected chi connectivity index (χ2v) is 1.08. The van der Waals surface area contributed by atoms with Crippen LogP contribution in [0.3, 0.4) is 0 Å². The van der Waals surface area contributed by atoms with E-state index >= 15 is 0 Å². The van der Waals surface area contributed by atoms with Crippen molar-refractivity contribution < 1.29 is 44.2 Å². The van der Waals surface area contributed by atoms with Crippen molar-refractivity contribution in [1.29, 1.82) is 0 Å². The molecule has 0 unspecified atom stereocenters. The van der Waals surface area contributed by atoms with Crippen molar-refractivity contribution in [3.8, 4) is 0 Å². The molecule has 0 aliphatic rings. The molecule has 0 saturated heterocycles. The smallest absolute Gasteiger partial charge is 0.545 e. The van der Waals surface area contributed by atoms with E-state index in [1.165, 1.54) is 0 Å². The van der Waals surface area contributed by atoms with Crippen LogP contribution in [0.4, 0.5) is 0 Å². The van der Waals surface area contributed by atoms with Gasteiger partial charge in [-0.2, -0.15) is 0 Å². The number of carboxylic acids is 1. The van der Waals surface area contributed by atoms with Crippen LogP contribution in [0, 0.1) is 0 Å². The second-order valence-electron chi connectivity index (χ2n) is 1.08. The Hall–Kier alpha value is 0.0100. The topological polar surface area (TPSA) is 49.4 Å². The maximum atomic E-state index is 9.60. The number of hydrogen-bond donors (Lipinski definition) is 0. The van der Waals surface area contributed by atoms with Gasteiger partial charge in [0.25, 0.3) is 0 Å². The van der Waals surface area contributed by atoms with Gasteiger partial charge in [-0.25, -0.2) is 0 Å². The van der Waals surface area contributed by atoms with E-state index in [-0.39, 0.29) is 29.6 Å². The number of aliphatic carboxylic acids is 1. The van der Waals surface area contributed by atoms with Crippen LogP contribution >= 0.6 is 0 Å². The molecular weight excluding hydrogens is 131 g/mol. The molecule has 0 aromatic rings. The van der Waals surface area contributed by atoms with Crippen molar-refractivity contribution in [3.05, 3.63) is 12.3 Å². The normalized spacial score (nSPS) is 8.56. The van der Waals surface area contributed by atoms with E-state index in [0.717, 1.165) is 12.3 Å². The van der Waals surface area contributed by atoms with Gasteiger partial charge in [0.15, 0.2) is 0 Å². The molecule has 0 fully saturated rings. The molecule has 0 N–H and O–H groups in total. The Morgan fingerprint density at radius 3 is 2.67 bits per heavy atom. The van der Waals surface area contributed by atoms with Crippen molar-refractivity contribution >= 4 is 5.97 Å². The van der Waals surface area contributed by atoms with Crippen LogP contribution < -0.4 is 34.7 Å². The Balaban J connectivity index is 0. The van der Waals surface area contributed by atoms with Gasteiger partial charge in [0.05, 0.1) is 18.8 Å². The molecule has 0 aliphatic heterocycles. The van der Waals surface area contributed by atoms with E-state index in [1.807, 2.05) is 0 Å². The molecule has 0 aliphatic carbocycles. The van der Waals surface area contributed by atoms with Gasteiger partial charge >= 0.3 is 29.6 Å². The zero-order chi connectivity index (χ0) is 6.41. The molecule has 0 spiro atoms. The third kappa shape index (κ3) is 11.5. The summed E-state index contributed by atoms with van der Waals surface area (Å²) < 4.78 is 4.54. The van der Waals surface area contributed by atoms with Crippen LogP contribution in [0.25, 0.3) is 0 Å². The van der Waals surface area contributed by atoms with E-state index in [0.29, 0.717) is 6.61 Å². The summed E-state index contributed by atoms with van der Waals surface area (Å²) in [6, 6.07) is 0. The molecule has 0 bridgehead atoms. The Bertz CT molecular complexity index is 100. The first-order valence-electron chi connectivity index (χ1n) is 2.26. The molecule has 0 radical (unpaired) electrons. The minimum Gasteiger partial charge on any atom is -0.545 e. The Morgan fingerprint density at radius 1 is 1.78 bits per heavy atom. The van der Waals surface area contributed by atoms with Gasteiger partial charge in [-0.3, -0.25) is 0 Å². The van der Waals surface area contributed by atoms with Gasteiger partial charge < -0.3 is 14.6 Å². The van der Waals surface area contributed by atoms with Gasteiger partial charge in [-0.05, 0) is 13.0 Å². The molecule has 0 atom stereocenters. The third-order valence-corrected chi connectivity index (χ3v) is 0.467. The van der Waals surface area contributed by atoms with E-state index in [2.05, 4.69) is 4.74 Å². The molecule has 0 aromatic carbocycles. The largest absolute Gasteiger partial charge is 1.00 e. The monoisotopic (exact) mass is 138 g/mol. The molecule has 4 heteroatoms. The summed E-state index contributed by atoms with van der Waals surface area (Å²) in [5.74, 6) is -1.24. The van der Waals surface area contributed by atoms with Crippen molar-refractivity contribution in [2.45, 2.75) is 6.92 Å². The van der Waals surface area contributed by atoms with Crippen LogP contribution in [-0.2, 0) is 9.53 Å². The second kappa shape index (κ2) is 8.01. The predicted molar refractivity (Wildman–Crippen MR) is 25.8 cm³/mol. The first kappa shape index (κ1) is 11.8. The zero-order valence-corrected chi connectivity index (χ0v) is 7.59. The average Bonchev–Trinajstić information content (AvgIpc) is 1.66. The minimum atomic E-state index is -1.24. The number of rotatable bonds is 3. The molecular formula is C5H7NaO3. The molecule has 0 aromatic heterocycles. The standard InChI is InChI=1S/C5H8O3.Na/c1-2-8-4-3-5(6)7;/h3-4H,2H2,1H3,(H,6,7);/q;+1/p-1. The van der Waals surface area contributed by atoms with Crippen molar-refractivity contribution in [1.82, 2.24) is 0 Å². The summed E-state index contributed by atoms with van der Waals surface area (Å²) in [4.78, 5) is 9.60. The quantitative estimate of drug-likeness (QED) is 0.229. The molecule has 0 saturated carbocycles. The van der Waals surface area contributed by atoms with E-state index in [1.54, 1.807) is 6.92 Å². The van der Waals surface area contributed by atoms with Crippen molar-refractivity contribution in [2.24, 2.45) is 0 Å². The molecule has 46 valence electrons. The van der Waals surface area contributed by atoms with Crippen molar-refractivity contribution in [3.63, 3.8) is 0 Å². The molecule has 0 amide bonds. The predicted octanol–water partition coefficient (Wildman–Crippen LogP) is -3.71. The van der Waals surface area contributed by atoms with Gasteiger partial charge in [0.2, 0.25) is 0 Å². The van der Waals surface area contributed by atoms with Crippen LogP contribution in [0.15, 0.2) is 12.3 Å². The van der Waals surface area contributed by atoms with E-state index in [9.17, 15) is 9.90 Å². The molecule has 0 rings (SSSR count). The van der Waals surface area contributed by atoms with Gasteiger partial charge in [-0.1, -0.05) is 0 Å². The van der Waals surface area contributed by atoms with Crippen LogP contribution in [0.2, 0.25) is 0 Å². The van der Waals surface area contributed by atoms with Crippen LogP contribution in [0.5, 0.6) is 0 Å². The van der Waals surface area contributed by atoms with Gasteiger partial charge in [0, 0.05) is 0 Å². The summed E-state index contributed by atoms with van der Waals surface area (Å²) in [6.45, 7) is 2.24. The Kier molecular flexibility index (Phi) is 10.5. The van der Waals surface area contributed by atoms with Crippen LogP contribution in [0.1, 0.15) is 6.92 Å². The number of carbonyl (C=O) groups excluding carboxylic acids is 1. The summed E-state index contributed by atoms with van der Waals surface area (Å²) >= 11 is 0. The van der Waals surface area contributed by atoms with E-state index < -0.39 is 5.97 Å². The van der Waals surface area contributed by atoms with Gasteiger partial charge in [0.1, 0.15) is 0 Å². The summed E-state index contributed by atoms with van der Waals surface area (Å²) in [7, 11) is 0. The number of ether oxygens (including phenoxy) is 1. The molecule has 0 heterocycles.